The van der Waals surface area contributed by atoms with Gasteiger partial charge in [-0.3, -0.25) is 9.59 Å². The molecule has 1 saturated heterocycles. The molecule has 1 N–H and O–H groups in total. The number of nitrogens with zero attached hydrogens (tertiary/aromatic N) is 4. The predicted octanol–water partition coefficient (Wildman–Crippen LogP) is 1.31. The average Bonchev–Trinajstić information content (AvgIpc) is 2.67. The molecular weight excluding hydrogens is 318 g/mol. The van der Waals surface area contributed by atoms with Crippen LogP contribution in [0.4, 0.5) is 5.82 Å². The first kappa shape index (κ1) is 16.9. The average molecular weight is 339 g/mol. The Balaban J connectivity index is 1.64. The Hall–Kier alpha value is -2.96. The van der Waals surface area contributed by atoms with Crippen LogP contribution in [0, 0.1) is 6.92 Å². The summed E-state index contributed by atoms with van der Waals surface area (Å²) < 4.78 is 0. The van der Waals surface area contributed by atoms with E-state index >= 15 is 0 Å². The summed E-state index contributed by atoms with van der Waals surface area (Å²) >= 11 is 0. The zero-order valence-corrected chi connectivity index (χ0v) is 14.2. The van der Waals surface area contributed by atoms with E-state index in [1.54, 1.807) is 15.9 Å². The van der Waals surface area contributed by atoms with Crippen molar-refractivity contribution in [2.75, 3.05) is 31.5 Å². The summed E-state index contributed by atoms with van der Waals surface area (Å²) in [7, 11) is 0. The number of carbonyl (C=O) groups is 2. The molecule has 0 radical (unpaired) electrons. The molecule has 2 amide bonds. The summed E-state index contributed by atoms with van der Waals surface area (Å²) in [5.41, 5.74) is 2.74. The molecule has 25 heavy (non-hydrogen) atoms. The standard InChI is InChI=1S/C18H21N5O2/c1-14-4-2-3-5-15(14)11-19-17-10-16(20-12-21-17)18(25)23-8-6-22(13-24)7-9-23/h2-5,10,12-13H,6-9,11H2,1H3,(H,19,20,21). The van der Waals surface area contributed by atoms with Crippen LogP contribution in [0.25, 0.3) is 0 Å². The lowest BCUT2D eigenvalue weighted by atomic mass is 10.1. The highest BCUT2D eigenvalue weighted by molar-refractivity contribution is 5.93. The first-order chi connectivity index (χ1) is 12.2. The van der Waals surface area contributed by atoms with E-state index in [0.29, 0.717) is 44.2 Å². The minimum Gasteiger partial charge on any atom is -0.366 e. The normalized spacial score (nSPS) is 14.3. The van der Waals surface area contributed by atoms with Crippen molar-refractivity contribution in [2.24, 2.45) is 0 Å². The first-order valence-electron chi connectivity index (χ1n) is 8.26. The van der Waals surface area contributed by atoms with Gasteiger partial charge < -0.3 is 15.1 Å². The van der Waals surface area contributed by atoms with Crippen molar-refractivity contribution < 1.29 is 9.59 Å². The van der Waals surface area contributed by atoms with Crippen molar-refractivity contribution in [1.29, 1.82) is 0 Å². The summed E-state index contributed by atoms with van der Waals surface area (Å²) in [5, 5.41) is 3.24. The molecular formula is C18H21N5O2. The SMILES string of the molecule is Cc1ccccc1CNc1cc(C(=O)N2CCN(C=O)CC2)ncn1. The largest absolute Gasteiger partial charge is 0.366 e. The van der Waals surface area contributed by atoms with Gasteiger partial charge in [0.2, 0.25) is 6.41 Å². The highest BCUT2D eigenvalue weighted by Gasteiger charge is 2.22. The highest BCUT2D eigenvalue weighted by Crippen LogP contribution is 2.12. The lowest BCUT2D eigenvalue weighted by Gasteiger charge is -2.32. The molecule has 0 aliphatic carbocycles. The number of benzene rings is 1. The number of nitrogens with one attached hydrogen (secondary N) is 1. The van der Waals surface area contributed by atoms with Crippen LogP contribution in [0.3, 0.4) is 0 Å². The molecule has 1 aliphatic heterocycles. The third-order valence-electron chi connectivity index (χ3n) is 4.36. The van der Waals surface area contributed by atoms with E-state index in [1.165, 1.54) is 17.5 Å². The second-order valence-electron chi connectivity index (χ2n) is 6.00. The van der Waals surface area contributed by atoms with Crippen LogP contribution >= 0.6 is 0 Å². The fourth-order valence-electron chi connectivity index (χ4n) is 2.76. The van der Waals surface area contributed by atoms with Crippen molar-refractivity contribution in [3.8, 4) is 0 Å². The van der Waals surface area contributed by atoms with E-state index in [0.717, 1.165) is 6.41 Å². The second-order valence-corrected chi connectivity index (χ2v) is 6.00. The summed E-state index contributed by atoms with van der Waals surface area (Å²) in [5.74, 6) is 0.486. The van der Waals surface area contributed by atoms with E-state index in [4.69, 9.17) is 0 Å². The van der Waals surface area contributed by atoms with Crippen LogP contribution < -0.4 is 5.32 Å². The van der Waals surface area contributed by atoms with Gasteiger partial charge in [-0.05, 0) is 18.1 Å². The molecule has 7 heteroatoms. The van der Waals surface area contributed by atoms with Crippen molar-refractivity contribution in [1.82, 2.24) is 19.8 Å². The maximum absolute atomic E-state index is 12.6. The minimum atomic E-state index is -0.133. The van der Waals surface area contributed by atoms with E-state index in [2.05, 4.69) is 34.3 Å². The van der Waals surface area contributed by atoms with Gasteiger partial charge >= 0.3 is 0 Å². The number of aryl methyl sites for hydroxylation is 1. The molecule has 1 aromatic heterocycles. The molecule has 0 bridgehead atoms. The van der Waals surface area contributed by atoms with E-state index < -0.39 is 0 Å². The first-order valence-corrected chi connectivity index (χ1v) is 8.26. The van der Waals surface area contributed by atoms with Crippen LogP contribution in [-0.4, -0.2) is 58.3 Å². The Bertz CT molecular complexity index is 757. The smallest absolute Gasteiger partial charge is 0.272 e. The third-order valence-corrected chi connectivity index (χ3v) is 4.36. The van der Waals surface area contributed by atoms with Crippen LogP contribution in [0.15, 0.2) is 36.7 Å². The number of hydrogen-bond donors (Lipinski definition) is 1. The van der Waals surface area contributed by atoms with Crippen molar-refractivity contribution in [3.05, 3.63) is 53.5 Å². The number of amides is 2. The van der Waals surface area contributed by atoms with Gasteiger partial charge in [0.15, 0.2) is 0 Å². The van der Waals surface area contributed by atoms with Crippen molar-refractivity contribution in [3.63, 3.8) is 0 Å². The molecule has 0 saturated carbocycles. The number of hydrogen-bond acceptors (Lipinski definition) is 5. The Labute approximate surface area is 146 Å². The third kappa shape index (κ3) is 4.12. The topological polar surface area (TPSA) is 78.4 Å². The van der Waals surface area contributed by atoms with Gasteiger partial charge in [0, 0.05) is 38.8 Å². The molecule has 2 aromatic rings. The van der Waals surface area contributed by atoms with Gasteiger partial charge in [0.25, 0.3) is 5.91 Å². The molecule has 2 heterocycles. The quantitative estimate of drug-likeness (QED) is 0.831. The zero-order chi connectivity index (χ0) is 17.6. The predicted molar refractivity (Wildman–Crippen MR) is 94.1 cm³/mol. The lowest BCUT2D eigenvalue weighted by molar-refractivity contribution is -0.119. The number of rotatable bonds is 5. The Morgan fingerprint density at radius 1 is 1.20 bits per heavy atom. The van der Waals surface area contributed by atoms with Gasteiger partial charge in [-0.2, -0.15) is 0 Å². The molecule has 0 spiro atoms. The van der Waals surface area contributed by atoms with E-state index in [9.17, 15) is 9.59 Å². The molecule has 0 atom stereocenters. The number of aromatic nitrogens is 2. The van der Waals surface area contributed by atoms with Gasteiger partial charge in [-0.25, -0.2) is 9.97 Å². The minimum absolute atomic E-state index is 0.133. The molecule has 1 fully saturated rings. The fourth-order valence-corrected chi connectivity index (χ4v) is 2.76. The number of carbonyl (C=O) groups excluding carboxylic acids is 2. The Kier molecular flexibility index (Phi) is 5.23. The van der Waals surface area contributed by atoms with Crippen LogP contribution in [0.5, 0.6) is 0 Å². The van der Waals surface area contributed by atoms with Gasteiger partial charge in [0.05, 0.1) is 0 Å². The molecule has 130 valence electrons. The summed E-state index contributed by atoms with van der Waals surface area (Å²) in [4.78, 5) is 35.0. The maximum atomic E-state index is 12.6. The summed E-state index contributed by atoms with van der Waals surface area (Å²) in [6, 6.07) is 9.79. The lowest BCUT2D eigenvalue weighted by Crippen LogP contribution is -2.48. The number of anilines is 1. The van der Waals surface area contributed by atoms with Gasteiger partial charge in [-0.1, -0.05) is 24.3 Å². The van der Waals surface area contributed by atoms with Gasteiger partial charge in [0.1, 0.15) is 17.8 Å². The van der Waals surface area contributed by atoms with Crippen molar-refractivity contribution in [2.45, 2.75) is 13.5 Å². The molecule has 1 aromatic carbocycles. The fraction of sp³-hybridized carbons (Fsp3) is 0.333. The monoisotopic (exact) mass is 339 g/mol. The second kappa shape index (κ2) is 7.74. The molecule has 1 aliphatic rings. The number of piperazine rings is 1. The van der Waals surface area contributed by atoms with Crippen LogP contribution in [0.2, 0.25) is 0 Å². The maximum Gasteiger partial charge on any atom is 0.272 e. The van der Waals surface area contributed by atoms with E-state index in [-0.39, 0.29) is 5.91 Å². The molecule has 7 nitrogen and oxygen atoms in total. The van der Waals surface area contributed by atoms with E-state index in [1.807, 2.05) is 12.1 Å². The Morgan fingerprint density at radius 2 is 1.96 bits per heavy atom. The summed E-state index contributed by atoms with van der Waals surface area (Å²) in [6.45, 7) is 4.85. The van der Waals surface area contributed by atoms with Crippen LogP contribution in [-0.2, 0) is 11.3 Å². The van der Waals surface area contributed by atoms with Gasteiger partial charge in [-0.15, -0.1) is 0 Å². The zero-order valence-electron chi connectivity index (χ0n) is 14.2. The Morgan fingerprint density at radius 3 is 2.68 bits per heavy atom. The molecule has 3 rings (SSSR count). The highest BCUT2D eigenvalue weighted by atomic mass is 16.2. The van der Waals surface area contributed by atoms with Crippen molar-refractivity contribution >= 4 is 18.1 Å². The summed E-state index contributed by atoms with van der Waals surface area (Å²) in [6.07, 6.45) is 2.22. The van der Waals surface area contributed by atoms with Crippen LogP contribution in [0.1, 0.15) is 21.6 Å². The molecule has 0 unspecified atom stereocenters.